The zero-order chi connectivity index (χ0) is 29.0. The number of halogens is 2. The Bertz CT molecular complexity index is 1600. The van der Waals surface area contributed by atoms with Gasteiger partial charge >= 0.3 is 0 Å². The smallest absolute Gasteiger partial charge is 0.261 e. The molecule has 14 heteroatoms. The monoisotopic (exact) mass is 635 g/mol. The number of anilines is 2. The number of hydrogen-bond acceptors (Lipinski definition) is 9. The molecule has 0 spiro atoms. The molecule has 1 aliphatic heterocycles. The second-order valence-corrected chi connectivity index (χ2v) is 12.0. The third-order valence-corrected chi connectivity index (χ3v) is 9.28. The lowest BCUT2D eigenvalue weighted by molar-refractivity contribution is 0.0947. The van der Waals surface area contributed by atoms with Crippen LogP contribution in [0.1, 0.15) is 10.4 Å². The first kappa shape index (κ1) is 31.3. The van der Waals surface area contributed by atoms with Crippen LogP contribution < -0.4 is 24.4 Å². The van der Waals surface area contributed by atoms with Gasteiger partial charge in [-0.3, -0.25) is 14.4 Å². The number of nitrogens with one attached hydrogen (secondary N) is 2. The Morgan fingerprint density at radius 2 is 1.69 bits per heavy atom. The van der Waals surface area contributed by atoms with Crippen LogP contribution in [0.4, 0.5) is 15.2 Å². The first-order valence-electron chi connectivity index (χ1n) is 12.9. The molecule has 224 valence electrons. The van der Waals surface area contributed by atoms with E-state index in [0.717, 1.165) is 59.4 Å². The van der Waals surface area contributed by atoms with E-state index in [0.29, 0.717) is 24.4 Å². The minimum absolute atomic E-state index is 0. The molecule has 5 rings (SSSR count). The maximum atomic E-state index is 13.2. The zero-order valence-electron chi connectivity index (χ0n) is 23.0. The van der Waals surface area contributed by atoms with Crippen LogP contribution in [0.25, 0.3) is 10.2 Å². The topological polar surface area (TPSA) is 113 Å². The van der Waals surface area contributed by atoms with Gasteiger partial charge in [-0.05, 0) is 54.6 Å². The van der Waals surface area contributed by atoms with Crippen LogP contribution in [0.2, 0.25) is 0 Å². The number of sulfonamides is 1. The van der Waals surface area contributed by atoms with Crippen molar-refractivity contribution in [2.75, 3.05) is 63.1 Å². The summed E-state index contributed by atoms with van der Waals surface area (Å²) in [5.41, 5.74) is 1.36. The van der Waals surface area contributed by atoms with Crippen LogP contribution in [0, 0.1) is 5.82 Å². The number of thiazole rings is 1. The van der Waals surface area contributed by atoms with Crippen molar-refractivity contribution in [2.45, 2.75) is 4.90 Å². The van der Waals surface area contributed by atoms with Crippen molar-refractivity contribution in [2.24, 2.45) is 0 Å². The molecule has 0 bridgehead atoms. The van der Waals surface area contributed by atoms with Gasteiger partial charge in [0.2, 0.25) is 0 Å². The molecular formula is C28H31ClFN5O5S2. The summed E-state index contributed by atoms with van der Waals surface area (Å²) in [6.07, 6.45) is 0. The predicted octanol–water partition coefficient (Wildman–Crippen LogP) is 4.23. The van der Waals surface area contributed by atoms with Gasteiger partial charge in [-0.2, -0.15) is 0 Å². The highest BCUT2D eigenvalue weighted by molar-refractivity contribution is 7.92. The van der Waals surface area contributed by atoms with E-state index in [1.807, 2.05) is 12.1 Å². The second-order valence-electron chi connectivity index (χ2n) is 9.37. The number of aromatic nitrogens is 1. The van der Waals surface area contributed by atoms with E-state index >= 15 is 0 Å². The lowest BCUT2D eigenvalue weighted by atomic mass is 10.2. The van der Waals surface area contributed by atoms with Gasteiger partial charge in [-0.1, -0.05) is 17.4 Å². The average molecular weight is 636 g/mol. The Kier molecular flexibility index (Phi) is 10.1. The Morgan fingerprint density at radius 3 is 2.38 bits per heavy atom. The first-order valence-corrected chi connectivity index (χ1v) is 15.2. The molecule has 4 aromatic rings. The van der Waals surface area contributed by atoms with Crippen molar-refractivity contribution in [3.8, 4) is 11.5 Å². The Labute approximate surface area is 253 Å². The molecule has 1 amide bonds. The van der Waals surface area contributed by atoms with Gasteiger partial charge in [0.1, 0.15) is 27.5 Å². The number of nitrogens with zero attached hydrogens (tertiary/aromatic N) is 3. The summed E-state index contributed by atoms with van der Waals surface area (Å²) < 4.78 is 52.7. The van der Waals surface area contributed by atoms with Crippen molar-refractivity contribution in [3.05, 3.63) is 72.0 Å². The zero-order valence-corrected chi connectivity index (χ0v) is 25.5. The van der Waals surface area contributed by atoms with Crippen LogP contribution >= 0.6 is 23.7 Å². The molecule has 1 fully saturated rings. The molecule has 1 aliphatic rings. The fraction of sp³-hybridized carbons (Fsp3) is 0.286. The van der Waals surface area contributed by atoms with E-state index in [1.165, 1.54) is 18.2 Å². The summed E-state index contributed by atoms with van der Waals surface area (Å²) in [6, 6.07) is 14.5. The summed E-state index contributed by atoms with van der Waals surface area (Å²) in [6.45, 7) is 4.36. The van der Waals surface area contributed by atoms with Gasteiger partial charge in [0.15, 0.2) is 5.13 Å². The third-order valence-electron chi connectivity index (χ3n) is 6.76. The van der Waals surface area contributed by atoms with Gasteiger partial charge in [-0.25, -0.2) is 17.8 Å². The lowest BCUT2D eigenvalue weighted by Gasteiger charge is -2.34. The second kappa shape index (κ2) is 13.6. The van der Waals surface area contributed by atoms with Crippen molar-refractivity contribution < 1.29 is 27.1 Å². The van der Waals surface area contributed by atoms with Crippen molar-refractivity contribution in [3.63, 3.8) is 0 Å². The summed E-state index contributed by atoms with van der Waals surface area (Å²) in [4.78, 5) is 22.0. The maximum Gasteiger partial charge on any atom is 0.261 e. The number of piperazine rings is 1. The molecule has 2 heterocycles. The van der Waals surface area contributed by atoms with Crippen molar-refractivity contribution in [1.82, 2.24) is 15.2 Å². The van der Waals surface area contributed by atoms with Gasteiger partial charge in [0.05, 0.1) is 19.1 Å². The fourth-order valence-corrected chi connectivity index (χ4v) is 6.73. The summed E-state index contributed by atoms with van der Waals surface area (Å²) in [7, 11) is -0.643. The molecule has 0 radical (unpaired) electrons. The van der Waals surface area contributed by atoms with E-state index in [2.05, 4.69) is 19.8 Å². The number of rotatable bonds is 10. The van der Waals surface area contributed by atoms with E-state index in [-0.39, 0.29) is 28.9 Å². The maximum absolute atomic E-state index is 13.2. The molecule has 0 aliphatic carbocycles. The van der Waals surface area contributed by atoms with Crippen molar-refractivity contribution in [1.29, 1.82) is 0 Å². The number of fused-ring (bicyclic) bond motifs is 1. The van der Waals surface area contributed by atoms with Gasteiger partial charge < -0.3 is 19.7 Å². The highest BCUT2D eigenvalue weighted by Gasteiger charge is 2.22. The minimum atomic E-state index is -3.92. The van der Waals surface area contributed by atoms with Crippen LogP contribution in [-0.4, -0.2) is 77.7 Å². The molecule has 42 heavy (non-hydrogen) atoms. The normalized spacial score (nSPS) is 13.8. The number of carbonyl (C=O) groups is 1. The summed E-state index contributed by atoms with van der Waals surface area (Å²) in [5, 5.41) is 3.83. The van der Waals surface area contributed by atoms with Crippen LogP contribution in [-0.2, 0) is 10.0 Å². The van der Waals surface area contributed by atoms with Crippen molar-refractivity contribution >= 4 is 60.7 Å². The van der Waals surface area contributed by atoms with Crippen LogP contribution in [0.5, 0.6) is 11.5 Å². The largest absolute Gasteiger partial charge is 0.495 e. The molecule has 1 saturated heterocycles. The van der Waals surface area contributed by atoms with E-state index in [1.54, 1.807) is 43.8 Å². The third kappa shape index (κ3) is 7.04. The first-order chi connectivity index (χ1) is 19.8. The highest BCUT2D eigenvalue weighted by Crippen LogP contribution is 2.40. The van der Waals surface area contributed by atoms with E-state index in [4.69, 9.17) is 14.5 Å². The van der Waals surface area contributed by atoms with Crippen LogP contribution in [0.15, 0.2) is 65.6 Å². The van der Waals surface area contributed by atoms with Gasteiger partial charge in [0, 0.05) is 50.5 Å². The summed E-state index contributed by atoms with van der Waals surface area (Å²) >= 11 is 1.59. The van der Waals surface area contributed by atoms with Gasteiger partial charge in [-0.15, -0.1) is 12.4 Å². The molecule has 0 unspecified atom stereocenters. The number of hydrogen-bond donors (Lipinski definition) is 2. The Hall–Kier alpha value is -3.65. The highest BCUT2D eigenvalue weighted by atomic mass is 35.5. The fourth-order valence-electron chi connectivity index (χ4n) is 4.55. The summed E-state index contributed by atoms with van der Waals surface area (Å²) in [5.74, 6) is 0.659. The molecular weight excluding hydrogens is 605 g/mol. The lowest BCUT2D eigenvalue weighted by Crippen LogP contribution is -2.48. The molecule has 0 atom stereocenters. The number of benzene rings is 3. The molecule has 3 aromatic carbocycles. The molecule has 10 nitrogen and oxygen atoms in total. The molecule has 1 aromatic heterocycles. The molecule has 2 N–H and O–H groups in total. The minimum Gasteiger partial charge on any atom is -0.495 e. The Morgan fingerprint density at radius 1 is 1.00 bits per heavy atom. The standard InChI is InChI=1S/C28H30FN5O5S2.ClH/c1-38-23-10-11-24(39-2)26-25(23)31-28(40-26)34-16-14-33(15-17-34)13-12-30-27(35)19-4-3-5-21(18-19)32-41(36,37)22-8-6-20(29)7-9-22;/h3-11,18,32H,12-17H2,1-2H3,(H,30,35);1H. The van der Waals surface area contributed by atoms with E-state index < -0.39 is 15.8 Å². The van der Waals surface area contributed by atoms with E-state index in [9.17, 15) is 17.6 Å². The number of carbonyl (C=O) groups excluding carboxylic acids is 1. The quantitative estimate of drug-likeness (QED) is 0.266. The van der Waals surface area contributed by atoms with Crippen LogP contribution in [0.3, 0.4) is 0 Å². The Balaban J connectivity index is 0.00000405. The SMILES string of the molecule is COc1ccc(OC)c2sc(N3CCN(CCNC(=O)c4cccc(NS(=O)(=O)c5ccc(F)cc5)c4)CC3)nc12.Cl. The predicted molar refractivity (Wildman–Crippen MR) is 165 cm³/mol. The average Bonchev–Trinajstić information content (AvgIpc) is 3.43. The van der Waals surface area contributed by atoms with Gasteiger partial charge in [0.25, 0.3) is 15.9 Å². The number of ether oxygens (including phenoxy) is 2. The number of methoxy groups -OCH3 is 2. The number of amides is 1. The molecule has 0 saturated carbocycles.